The number of pyridine rings is 1. The molecular weight excluding hydrogens is 411 g/mol. The van der Waals surface area contributed by atoms with Gasteiger partial charge in [-0.3, -0.25) is 14.7 Å². The molecule has 4 rings (SSSR count). The van der Waals surface area contributed by atoms with Crippen molar-refractivity contribution >= 4 is 17.7 Å². The number of nitrogens with zero attached hydrogens (tertiary/aromatic N) is 3. The van der Waals surface area contributed by atoms with E-state index in [9.17, 15) is 19.1 Å². The van der Waals surface area contributed by atoms with Crippen LogP contribution in [0.4, 0.5) is 14.9 Å². The minimum absolute atomic E-state index is 0.0873. The molecule has 170 valence electrons. The molecule has 2 aliphatic heterocycles. The zero-order chi connectivity index (χ0) is 23.1. The number of hydrogen-bond acceptors (Lipinski definition) is 4. The molecule has 0 spiro atoms. The van der Waals surface area contributed by atoms with Gasteiger partial charge in [0.1, 0.15) is 5.82 Å². The standard InChI is InChI=1S/C24H29FN4O3/c1-23(2)15-28(20(30)12-24(3)14-26-8-9-29(24)22(31)32)19-11-17(13-27-21(19)23)10-16-4-6-18(25)7-5-16/h4-7,11,13,26H,8-10,12,14-15H2,1-3H3,(H,31,32). The maximum absolute atomic E-state index is 13.5. The molecule has 0 aliphatic carbocycles. The van der Waals surface area contributed by atoms with Crippen LogP contribution in [0.2, 0.25) is 0 Å². The Bertz CT molecular complexity index is 1040. The first-order chi connectivity index (χ1) is 15.1. The molecule has 0 bridgehead atoms. The van der Waals surface area contributed by atoms with Gasteiger partial charge in [-0.1, -0.05) is 26.0 Å². The van der Waals surface area contributed by atoms with E-state index in [2.05, 4.69) is 24.1 Å². The van der Waals surface area contributed by atoms with Crippen LogP contribution in [0.25, 0.3) is 0 Å². The fraction of sp³-hybridized carbons (Fsp3) is 0.458. The molecule has 2 N–H and O–H groups in total. The van der Waals surface area contributed by atoms with E-state index in [-0.39, 0.29) is 23.6 Å². The Kier molecular flexibility index (Phi) is 5.67. The second-order valence-electron chi connectivity index (χ2n) is 9.66. The first-order valence-electron chi connectivity index (χ1n) is 10.8. The molecule has 2 amide bonds. The molecule has 7 nitrogen and oxygen atoms in total. The summed E-state index contributed by atoms with van der Waals surface area (Å²) in [6, 6.07) is 8.33. The first kappa shape index (κ1) is 22.2. The van der Waals surface area contributed by atoms with Crippen LogP contribution in [-0.2, 0) is 16.6 Å². The van der Waals surface area contributed by atoms with Crippen LogP contribution < -0.4 is 10.2 Å². The molecule has 1 saturated heterocycles. The Labute approximate surface area is 187 Å². The predicted molar refractivity (Wildman–Crippen MR) is 119 cm³/mol. The van der Waals surface area contributed by atoms with Crippen molar-refractivity contribution in [1.29, 1.82) is 0 Å². The molecule has 32 heavy (non-hydrogen) atoms. The van der Waals surface area contributed by atoms with E-state index in [1.807, 2.05) is 19.2 Å². The van der Waals surface area contributed by atoms with Crippen molar-refractivity contribution in [3.05, 3.63) is 59.2 Å². The quantitative estimate of drug-likeness (QED) is 0.763. The van der Waals surface area contributed by atoms with Crippen molar-refractivity contribution in [2.24, 2.45) is 0 Å². The second-order valence-corrected chi connectivity index (χ2v) is 9.66. The lowest BCUT2D eigenvalue weighted by Crippen LogP contribution is -2.62. The third-order valence-corrected chi connectivity index (χ3v) is 6.46. The fourth-order valence-electron chi connectivity index (χ4n) is 4.75. The number of fused-ring (bicyclic) bond motifs is 1. The van der Waals surface area contributed by atoms with Crippen molar-refractivity contribution in [1.82, 2.24) is 15.2 Å². The van der Waals surface area contributed by atoms with Gasteiger partial charge in [-0.15, -0.1) is 0 Å². The number of carbonyl (C=O) groups is 2. The highest BCUT2D eigenvalue weighted by Crippen LogP contribution is 2.40. The van der Waals surface area contributed by atoms with Gasteiger partial charge >= 0.3 is 6.09 Å². The molecule has 0 radical (unpaired) electrons. The monoisotopic (exact) mass is 440 g/mol. The van der Waals surface area contributed by atoms with Gasteiger partial charge in [-0.2, -0.15) is 0 Å². The lowest BCUT2D eigenvalue weighted by atomic mass is 9.90. The summed E-state index contributed by atoms with van der Waals surface area (Å²) >= 11 is 0. The number of hydrogen-bond donors (Lipinski definition) is 2. The van der Waals surface area contributed by atoms with Gasteiger partial charge in [-0.25, -0.2) is 9.18 Å². The Balaban J connectivity index is 1.60. The molecular formula is C24H29FN4O3. The summed E-state index contributed by atoms with van der Waals surface area (Å²) in [6.07, 6.45) is 1.48. The summed E-state index contributed by atoms with van der Waals surface area (Å²) in [5.74, 6) is -0.393. The zero-order valence-electron chi connectivity index (χ0n) is 18.7. The van der Waals surface area contributed by atoms with Crippen molar-refractivity contribution in [2.45, 2.75) is 44.6 Å². The number of rotatable bonds is 4. The summed E-state index contributed by atoms with van der Waals surface area (Å²) in [6.45, 7) is 7.77. The SMILES string of the molecule is CC1(C)CN(C(=O)CC2(C)CNCCN2C(=O)O)c2cc(Cc3ccc(F)cc3)cnc21. The Hall–Kier alpha value is -3.00. The highest BCUT2D eigenvalue weighted by Gasteiger charge is 2.44. The Morgan fingerprint density at radius 1 is 1.19 bits per heavy atom. The van der Waals surface area contributed by atoms with E-state index >= 15 is 0 Å². The van der Waals surface area contributed by atoms with Gasteiger partial charge in [0.05, 0.1) is 23.3 Å². The van der Waals surface area contributed by atoms with E-state index in [0.717, 1.165) is 22.5 Å². The molecule has 1 aromatic heterocycles. The van der Waals surface area contributed by atoms with Crippen LogP contribution in [0.5, 0.6) is 0 Å². The second kappa shape index (κ2) is 8.16. The fourth-order valence-corrected chi connectivity index (χ4v) is 4.75. The molecule has 1 aromatic carbocycles. The maximum atomic E-state index is 13.5. The van der Waals surface area contributed by atoms with Gasteiger partial charge in [0.15, 0.2) is 0 Å². The molecule has 2 aromatic rings. The van der Waals surface area contributed by atoms with E-state index in [0.29, 0.717) is 32.6 Å². The zero-order valence-corrected chi connectivity index (χ0v) is 18.7. The first-order valence-corrected chi connectivity index (χ1v) is 10.8. The van der Waals surface area contributed by atoms with Crippen LogP contribution in [0.3, 0.4) is 0 Å². The van der Waals surface area contributed by atoms with Crippen molar-refractivity contribution in [3.63, 3.8) is 0 Å². The summed E-state index contributed by atoms with van der Waals surface area (Å²) in [5.41, 5.74) is 2.40. The lowest BCUT2D eigenvalue weighted by Gasteiger charge is -2.43. The van der Waals surface area contributed by atoms with E-state index in [1.165, 1.54) is 17.0 Å². The normalized spacial score (nSPS) is 22.0. The van der Waals surface area contributed by atoms with Crippen molar-refractivity contribution in [2.75, 3.05) is 31.1 Å². The summed E-state index contributed by atoms with van der Waals surface area (Å²) < 4.78 is 13.2. The minimum atomic E-state index is -1.01. The van der Waals surface area contributed by atoms with E-state index < -0.39 is 11.6 Å². The average Bonchev–Trinajstić information content (AvgIpc) is 3.00. The number of carboxylic acid groups (broad SMARTS) is 1. The number of aromatic nitrogens is 1. The molecule has 8 heteroatoms. The van der Waals surface area contributed by atoms with Gasteiger partial charge < -0.3 is 15.3 Å². The average molecular weight is 441 g/mol. The van der Waals surface area contributed by atoms with Crippen LogP contribution in [-0.4, -0.2) is 58.7 Å². The number of piperazine rings is 1. The van der Waals surface area contributed by atoms with Gasteiger partial charge in [0.2, 0.25) is 5.91 Å². The summed E-state index contributed by atoms with van der Waals surface area (Å²) in [4.78, 5) is 33.0. The van der Waals surface area contributed by atoms with Crippen molar-refractivity contribution < 1.29 is 19.1 Å². The molecule has 1 unspecified atom stereocenters. The molecule has 1 atom stereocenters. The Morgan fingerprint density at radius 2 is 1.91 bits per heavy atom. The minimum Gasteiger partial charge on any atom is -0.465 e. The van der Waals surface area contributed by atoms with Gasteiger partial charge in [-0.05, 0) is 42.7 Å². The van der Waals surface area contributed by atoms with Crippen LogP contribution in [0.15, 0.2) is 36.5 Å². The number of anilines is 1. The topological polar surface area (TPSA) is 85.8 Å². The van der Waals surface area contributed by atoms with Crippen LogP contribution in [0, 0.1) is 5.82 Å². The van der Waals surface area contributed by atoms with E-state index in [4.69, 9.17) is 0 Å². The summed E-state index contributed by atoms with van der Waals surface area (Å²) in [7, 11) is 0. The highest BCUT2D eigenvalue weighted by atomic mass is 19.1. The number of nitrogens with one attached hydrogen (secondary N) is 1. The van der Waals surface area contributed by atoms with Crippen LogP contribution in [0.1, 0.15) is 44.0 Å². The third kappa shape index (κ3) is 4.19. The van der Waals surface area contributed by atoms with E-state index in [1.54, 1.807) is 17.0 Å². The number of benzene rings is 1. The molecule has 3 heterocycles. The van der Waals surface area contributed by atoms with Gasteiger partial charge in [0.25, 0.3) is 0 Å². The van der Waals surface area contributed by atoms with Gasteiger partial charge in [0, 0.05) is 37.8 Å². The Morgan fingerprint density at radius 3 is 2.59 bits per heavy atom. The number of carbonyl (C=O) groups excluding carboxylic acids is 1. The summed E-state index contributed by atoms with van der Waals surface area (Å²) in [5, 5.41) is 12.8. The molecule has 1 fully saturated rings. The third-order valence-electron chi connectivity index (χ3n) is 6.46. The van der Waals surface area contributed by atoms with Crippen LogP contribution >= 0.6 is 0 Å². The largest absolute Gasteiger partial charge is 0.465 e. The predicted octanol–water partition coefficient (Wildman–Crippen LogP) is 3.17. The number of amides is 2. The number of halogens is 1. The molecule has 2 aliphatic rings. The highest BCUT2D eigenvalue weighted by molar-refractivity contribution is 5.97. The lowest BCUT2D eigenvalue weighted by molar-refractivity contribution is -0.121. The smallest absolute Gasteiger partial charge is 0.407 e. The molecule has 0 saturated carbocycles. The van der Waals surface area contributed by atoms with Crippen molar-refractivity contribution in [3.8, 4) is 0 Å². The maximum Gasteiger partial charge on any atom is 0.407 e.